The maximum atomic E-state index is 6.46. The molecule has 2 rings (SSSR count). The highest BCUT2D eigenvalue weighted by molar-refractivity contribution is 6.68. The third-order valence-electron chi connectivity index (χ3n) is 3.97. The van der Waals surface area contributed by atoms with Gasteiger partial charge in [-0.25, -0.2) is 0 Å². The summed E-state index contributed by atoms with van der Waals surface area (Å²) in [6.07, 6.45) is 0. The second-order valence-electron chi connectivity index (χ2n) is 5.58. The molecule has 0 aromatic heterocycles. The molecule has 25 heavy (non-hydrogen) atoms. The molecule has 0 saturated carbocycles. The second kappa shape index (κ2) is 9.37. The van der Waals surface area contributed by atoms with Crippen LogP contribution >= 0.6 is 0 Å². The van der Waals surface area contributed by atoms with E-state index in [0.29, 0.717) is 13.2 Å². The molecule has 0 aliphatic heterocycles. The molecule has 5 heteroatoms. The Morgan fingerprint density at radius 2 is 0.960 bits per heavy atom. The molecule has 0 heterocycles. The van der Waals surface area contributed by atoms with Crippen LogP contribution in [0.2, 0.25) is 12.1 Å². The van der Waals surface area contributed by atoms with Crippen molar-refractivity contribution in [1.29, 1.82) is 0 Å². The van der Waals surface area contributed by atoms with Crippen molar-refractivity contribution in [3.05, 3.63) is 48.5 Å². The van der Waals surface area contributed by atoms with Gasteiger partial charge in [-0.3, -0.25) is 0 Å². The van der Waals surface area contributed by atoms with Crippen LogP contribution in [0.1, 0.15) is 27.7 Å². The average molecular weight is 361 g/mol. The molecule has 0 spiro atoms. The van der Waals surface area contributed by atoms with Gasteiger partial charge in [-0.15, -0.1) is 0 Å². The van der Waals surface area contributed by atoms with E-state index in [4.69, 9.17) is 18.3 Å². The summed E-state index contributed by atoms with van der Waals surface area (Å²) < 4.78 is 24.3. The Balaban J connectivity index is 2.30. The number of rotatable bonds is 10. The van der Waals surface area contributed by atoms with Gasteiger partial charge in [0.1, 0.15) is 11.5 Å². The van der Waals surface area contributed by atoms with Crippen LogP contribution in [0.3, 0.4) is 0 Å². The summed E-state index contributed by atoms with van der Waals surface area (Å²) in [4.78, 5) is 0. The van der Waals surface area contributed by atoms with E-state index in [-0.39, 0.29) is 0 Å². The first-order chi connectivity index (χ1) is 12.2. The number of ether oxygens (including phenoxy) is 2. The molecule has 0 amide bonds. The van der Waals surface area contributed by atoms with Crippen LogP contribution in [0.5, 0.6) is 23.0 Å². The predicted molar refractivity (Wildman–Crippen MR) is 103 cm³/mol. The van der Waals surface area contributed by atoms with Gasteiger partial charge in [0.15, 0.2) is 11.5 Å². The fourth-order valence-electron chi connectivity index (χ4n) is 2.58. The zero-order valence-corrected chi connectivity index (χ0v) is 16.6. The first-order valence-electron chi connectivity index (χ1n) is 8.99. The number of para-hydroxylation sites is 4. The minimum Gasteiger partial charge on any atom is -0.509 e. The monoisotopic (exact) mass is 360 g/mol. The van der Waals surface area contributed by atoms with E-state index < -0.39 is 8.56 Å². The molecular formula is C20H28O4Si. The topological polar surface area (TPSA) is 36.9 Å². The maximum absolute atomic E-state index is 6.46. The smallest absolute Gasteiger partial charge is 0.460 e. The molecule has 0 unspecified atom stereocenters. The Hall–Kier alpha value is -2.14. The molecule has 0 aliphatic rings. The molecule has 2 aromatic carbocycles. The van der Waals surface area contributed by atoms with Crippen LogP contribution in [0.25, 0.3) is 0 Å². The fraction of sp³-hybridized carbons (Fsp3) is 0.400. The van der Waals surface area contributed by atoms with Crippen LogP contribution in [0, 0.1) is 0 Å². The van der Waals surface area contributed by atoms with E-state index in [1.165, 1.54) is 0 Å². The summed E-state index contributed by atoms with van der Waals surface area (Å²) in [6.45, 7) is 9.36. The van der Waals surface area contributed by atoms with E-state index in [9.17, 15) is 0 Å². The Morgan fingerprint density at radius 3 is 1.28 bits per heavy atom. The first-order valence-corrected chi connectivity index (χ1v) is 11.2. The molecule has 0 fully saturated rings. The molecule has 2 aromatic rings. The molecule has 0 saturated heterocycles. The Morgan fingerprint density at radius 1 is 0.600 bits per heavy atom. The highest BCUT2D eigenvalue weighted by atomic mass is 28.4. The quantitative estimate of drug-likeness (QED) is 0.530. The van der Waals surface area contributed by atoms with Crippen LogP contribution in [-0.2, 0) is 0 Å². The summed E-state index contributed by atoms with van der Waals surface area (Å²) in [5, 5.41) is 0. The Kier molecular flexibility index (Phi) is 7.19. The summed E-state index contributed by atoms with van der Waals surface area (Å²) in [7, 11) is -2.51. The van der Waals surface area contributed by atoms with Crippen LogP contribution in [0.4, 0.5) is 0 Å². The summed E-state index contributed by atoms with van der Waals surface area (Å²) in [5.41, 5.74) is 0. The lowest BCUT2D eigenvalue weighted by Gasteiger charge is -2.31. The van der Waals surface area contributed by atoms with Gasteiger partial charge in [0, 0.05) is 12.1 Å². The zero-order valence-electron chi connectivity index (χ0n) is 15.6. The van der Waals surface area contributed by atoms with Crippen molar-refractivity contribution in [1.82, 2.24) is 0 Å². The van der Waals surface area contributed by atoms with Gasteiger partial charge in [0.05, 0.1) is 13.2 Å². The highest BCUT2D eigenvalue weighted by Crippen LogP contribution is 2.35. The van der Waals surface area contributed by atoms with Gasteiger partial charge >= 0.3 is 8.56 Å². The van der Waals surface area contributed by atoms with E-state index in [1.54, 1.807) is 0 Å². The normalized spacial score (nSPS) is 11.0. The van der Waals surface area contributed by atoms with Gasteiger partial charge in [0.2, 0.25) is 0 Å². The molecule has 0 radical (unpaired) electrons. The van der Waals surface area contributed by atoms with Crippen molar-refractivity contribution in [3.63, 3.8) is 0 Å². The van der Waals surface area contributed by atoms with Gasteiger partial charge in [-0.2, -0.15) is 0 Å². The number of benzene rings is 2. The zero-order chi connectivity index (χ0) is 18.1. The lowest BCUT2D eigenvalue weighted by molar-refractivity contribution is 0.301. The van der Waals surface area contributed by atoms with Crippen LogP contribution < -0.4 is 18.3 Å². The van der Waals surface area contributed by atoms with Crippen molar-refractivity contribution in [2.45, 2.75) is 39.8 Å². The van der Waals surface area contributed by atoms with Gasteiger partial charge < -0.3 is 18.3 Å². The third-order valence-corrected chi connectivity index (χ3v) is 7.31. The summed E-state index contributed by atoms with van der Waals surface area (Å²) >= 11 is 0. The maximum Gasteiger partial charge on any atom is 0.460 e. The van der Waals surface area contributed by atoms with Crippen molar-refractivity contribution in [2.24, 2.45) is 0 Å². The van der Waals surface area contributed by atoms with Gasteiger partial charge in [-0.05, 0) is 38.1 Å². The third kappa shape index (κ3) is 4.92. The summed E-state index contributed by atoms with van der Waals surface area (Å²) in [6, 6.07) is 17.2. The fourth-order valence-corrected chi connectivity index (χ4v) is 4.84. The second-order valence-corrected chi connectivity index (χ2v) is 9.23. The van der Waals surface area contributed by atoms with Crippen molar-refractivity contribution >= 4 is 8.56 Å². The molecule has 0 bridgehead atoms. The van der Waals surface area contributed by atoms with Crippen molar-refractivity contribution in [2.75, 3.05) is 13.2 Å². The van der Waals surface area contributed by atoms with E-state index in [2.05, 4.69) is 13.8 Å². The van der Waals surface area contributed by atoms with Gasteiger partial charge in [0.25, 0.3) is 0 Å². The number of hydrogen-bond donors (Lipinski definition) is 0. The van der Waals surface area contributed by atoms with Crippen LogP contribution in [-0.4, -0.2) is 21.8 Å². The molecule has 136 valence electrons. The first kappa shape index (κ1) is 19.2. The highest BCUT2D eigenvalue weighted by Gasteiger charge is 2.39. The Bertz CT molecular complexity index is 602. The predicted octanol–water partition coefficient (Wildman–Crippen LogP) is 5.42. The van der Waals surface area contributed by atoms with Crippen molar-refractivity contribution < 1.29 is 18.3 Å². The standard InChI is InChI=1S/C20H28O4Si/c1-5-21-17-13-9-11-15-19(17)23-25(7-3,8-4)24-20-16-12-10-14-18(20)22-6-2/h9-16H,5-8H2,1-4H3. The largest absolute Gasteiger partial charge is 0.509 e. The lowest BCUT2D eigenvalue weighted by Crippen LogP contribution is -2.47. The van der Waals surface area contributed by atoms with E-state index >= 15 is 0 Å². The van der Waals surface area contributed by atoms with Crippen molar-refractivity contribution in [3.8, 4) is 23.0 Å². The molecule has 0 aliphatic carbocycles. The van der Waals surface area contributed by atoms with E-state index in [1.807, 2.05) is 62.4 Å². The van der Waals surface area contributed by atoms with E-state index in [0.717, 1.165) is 35.1 Å². The lowest BCUT2D eigenvalue weighted by atomic mass is 10.3. The Labute approximate surface area is 151 Å². The molecule has 0 N–H and O–H groups in total. The molecule has 4 nitrogen and oxygen atoms in total. The summed E-state index contributed by atoms with van der Waals surface area (Å²) in [5.74, 6) is 3.00. The minimum atomic E-state index is -2.51. The van der Waals surface area contributed by atoms with Gasteiger partial charge in [-0.1, -0.05) is 38.1 Å². The molecule has 0 atom stereocenters. The molecular weight excluding hydrogens is 332 g/mol. The SMILES string of the molecule is CCOc1ccccc1O[Si](CC)(CC)Oc1ccccc1OCC. The average Bonchev–Trinajstić information content (AvgIpc) is 2.64. The minimum absolute atomic E-state index is 0.598. The number of hydrogen-bond acceptors (Lipinski definition) is 4. The van der Waals surface area contributed by atoms with Crippen LogP contribution in [0.15, 0.2) is 48.5 Å².